The zero-order chi connectivity index (χ0) is 12.5. The average molecular weight is 257 g/mol. The largest absolute Gasteiger partial charge is 0.299 e. The first kappa shape index (κ1) is 11.6. The summed E-state index contributed by atoms with van der Waals surface area (Å²) < 4.78 is 0. The molecule has 18 heavy (non-hydrogen) atoms. The average Bonchev–Trinajstić information content (AvgIpc) is 2.95. The lowest BCUT2D eigenvalue weighted by Gasteiger charge is -1.96. The summed E-state index contributed by atoms with van der Waals surface area (Å²) >= 11 is 1.59. The van der Waals surface area contributed by atoms with Gasteiger partial charge in [-0.15, -0.1) is 11.3 Å². The van der Waals surface area contributed by atoms with E-state index in [-0.39, 0.29) is 0 Å². The fraction of sp³-hybridized carbons (Fsp3) is 0.333. The molecule has 2 unspecified atom stereocenters. The molecule has 1 aliphatic rings. The van der Waals surface area contributed by atoms with Crippen LogP contribution >= 0.6 is 11.3 Å². The summed E-state index contributed by atoms with van der Waals surface area (Å²) in [6, 6.07) is 10.1. The second kappa shape index (κ2) is 4.65. The Balaban J connectivity index is 1.72. The highest BCUT2D eigenvalue weighted by molar-refractivity contribution is 7.10. The molecule has 1 saturated carbocycles. The molecule has 0 N–H and O–H groups in total. The molecule has 1 heterocycles. The Bertz CT molecular complexity index is 561. The van der Waals surface area contributed by atoms with E-state index in [0.717, 1.165) is 22.7 Å². The molecule has 1 aromatic carbocycles. The Kier molecular flexibility index (Phi) is 3.00. The Hall–Kier alpha value is -1.48. The number of benzene rings is 1. The number of hydrogen-bond acceptors (Lipinski definition) is 3. The van der Waals surface area contributed by atoms with Gasteiger partial charge in [-0.25, -0.2) is 4.98 Å². The highest BCUT2D eigenvalue weighted by Gasteiger charge is 2.38. The van der Waals surface area contributed by atoms with Crippen molar-refractivity contribution in [2.24, 2.45) is 11.8 Å². The predicted molar refractivity (Wildman–Crippen MR) is 73.5 cm³/mol. The van der Waals surface area contributed by atoms with E-state index in [0.29, 0.717) is 24.0 Å². The van der Waals surface area contributed by atoms with Gasteiger partial charge in [-0.1, -0.05) is 37.3 Å². The van der Waals surface area contributed by atoms with Crippen LogP contribution in [-0.4, -0.2) is 10.8 Å². The standard InChI is InChI=1S/C15H15NOS/c1-10-7-12(10)14(17)8-15-16-13(9-18-15)11-5-3-2-4-6-11/h2-6,9-10,12H,7-8H2,1H3. The summed E-state index contributed by atoms with van der Waals surface area (Å²) in [5.41, 5.74) is 2.10. The number of Topliss-reactive ketones (excluding diaryl/α,β-unsaturated/α-hetero) is 1. The maximum absolute atomic E-state index is 11.9. The van der Waals surface area contributed by atoms with Crippen LogP contribution in [0.3, 0.4) is 0 Å². The molecule has 3 heteroatoms. The number of hydrogen-bond donors (Lipinski definition) is 0. The predicted octanol–water partition coefficient (Wildman–Crippen LogP) is 3.58. The summed E-state index contributed by atoms with van der Waals surface area (Å²) in [7, 11) is 0. The molecular weight excluding hydrogens is 242 g/mol. The molecule has 2 atom stereocenters. The lowest BCUT2D eigenvalue weighted by molar-refractivity contribution is -0.119. The normalized spacial score (nSPS) is 21.8. The van der Waals surface area contributed by atoms with E-state index in [1.807, 2.05) is 35.7 Å². The minimum atomic E-state index is 0.300. The van der Waals surface area contributed by atoms with Crippen LogP contribution in [0.4, 0.5) is 0 Å². The second-order valence-corrected chi connectivity index (χ2v) is 5.90. The van der Waals surface area contributed by atoms with Crippen molar-refractivity contribution in [3.8, 4) is 11.3 Å². The first-order valence-corrected chi connectivity index (χ1v) is 7.14. The molecule has 1 aromatic heterocycles. The van der Waals surface area contributed by atoms with Crippen molar-refractivity contribution < 1.29 is 4.79 Å². The van der Waals surface area contributed by atoms with Crippen LogP contribution < -0.4 is 0 Å². The van der Waals surface area contributed by atoms with E-state index >= 15 is 0 Å². The van der Waals surface area contributed by atoms with E-state index < -0.39 is 0 Å². The first-order chi connectivity index (χ1) is 8.74. The van der Waals surface area contributed by atoms with Crippen molar-refractivity contribution in [1.29, 1.82) is 0 Å². The molecule has 1 fully saturated rings. The van der Waals surface area contributed by atoms with Gasteiger partial charge in [0.2, 0.25) is 0 Å². The fourth-order valence-corrected chi connectivity index (χ4v) is 3.00. The van der Waals surface area contributed by atoms with E-state index in [4.69, 9.17) is 0 Å². The minimum Gasteiger partial charge on any atom is -0.299 e. The zero-order valence-corrected chi connectivity index (χ0v) is 11.1. The molecule has 92 valence electrons. The minimum absolute atomic E-state index is 0.300. The summed E-state index contributed by atoms with van der Waals surface area (Å²) in [4.78, 5) is 16.5. The van der Waals surface area contributed by atoms with Gasteiger partial charge in [0.25, 0.3) is 0 Å². The topological polar surface area (TPSA) is 30.0 Å². The molecule has 2 nitrogen and oxygen atoms in total. The molecule has 0 spiro atoms. The summed E-state index contributed by atoms with van der Waals surface area (Å²) in [5.74, 6) is 1.25. The highest BCUT2D eigenvalue weighted by Crippen LogP contribution is 2.39. The third-order valence-electron chi connectivity index (χ3n) is 3.47. The third kappa shape index (κ3) is 2.36. The molecule has 3 rings (SSSR count). The number of thiazole rings is 1. The zero-order valence-electron chi connectivity index (χ0n) is 10.3. The highest BCUT2D eigenvalue weighted by atomic mass is 32.1. The van der Waals surface area contributed by atoms with Gasteiger partial charge < -0.3 is 0 Å². The number of rotatable bonds is 4. The van der Waals surface area contributed by atoms with Crippen LogP contribution in [0, 0.1) is 11.8 Å². The maximum Gasteiger partial charge on any atom is 0.143 e. The molecule has 0 saturated heterocycles. The Labute approximate surface area is 111 Å². The van der Waals surface area contributed by atoms with Crippen molar-refractivity contribution in [3.63, 3.8) is 0 Å². The number of aromatic nitrogens is 1. The number of nitrogens with zero attached hydrogens (tertiary/aromatic N) is 1. The number of carbonyl (C=O) groups is 1. The molecule has 0 aliphatic heterocycles. The molecule has 0 radical (unpaired) electrons. The lowest BCUT2D eigenvalue weighted by atomic mass is 10.1. The van der Waals surface area contributed by atoms with E-state index in [1.54, 1.807) is 11.3 Å². The number of carbonyl (C=O) groups excluding carboxylic acids is 1. The van der Waals surface area contributed by atoms with E-state index in [1.165, 1.54) is 0 Å². The fourth-order valence-electron chi connectivity index (χ4n) is 2.18. The van der Waals surface area contributed by atoms with Gasteiger partial charge in [0, 0.05) is 16.9 Å². The summed E-state index contributed by atoms with van der Waals surface area (Å²) in [6.07, 6.45) is 1.57. The molecule has 2 aromatic rings. The van der Waals surface area contributed by atoms with E-state index in [9.17, 15) is 4.79 Å². The van der Waals surface area contributed by atoms with Crippen LogP contribution in [0.1, 0.15) is 18.4 Å². The van der Waals surface area contributed by atoms with Gasteiger partial charge in [0.05, 0.1) is 12.1 Å². The first-order valence-electron chi connectivity index (χ1n) is 6.26. The van der Waals surface area contributed by atoms with Gasteiger partial charge in [0.1, 0.15) is 10.8 Å². The third-order valence-corrected chi connectivity index (χ3v) is 4.32. The SMILES string of the molecule is CC1CC1C(=O)Cc1nc(-c2ccccc2)cs1. The molecule has 0 amide bonds. The Morgan fingerprint density at radius 2 is 2.11 bits per heavy atom. The van der Waals surface area contributed by atoms with Crippen LogP contribution in [0.2, 0.25) is 0 Å². The maximum atomic E-state index is 11.9. The monoisotopic (exact) mass is 257 g/mol. The van der Waals surface area contributed by atoms with Crippen molar-refractivity contribution in [3.05, 3.63) is 40.7 Å². The van der Waals surface area contributed by atoms with Crippen molar-refractivity contribution in [2.45, 2.75) is 19.8 Å². The quantitative estimate of drug-likeness (QED) is 0.838. The second-order valence-electron chi connectivity index (χ2n) is 4.96. The van der Waals surface area contributed by atoms with Crippen LogP contribution in [-0.2, 0) is 11.2 Å². The van der Waals surface area contributed by atoms with Crippen molar-refractivity contribution >= 4 is 17.1 Å². The summed E-state index contributed by atoms with van der Waals surface area (Å²) in [6.45, 7) is 2.14. The lowest BCUT2D eigenvalue weighted by Crippen LogP contribution is -2.05. The van der Waals surface area contributed by atoms with Crippen molar-refractivity contribution in [1.82, 2.24) is 4.98 Å². The smallest absolute Gasteiger partial charge is 0.143 e. The van der Waals surface area contributed by atoms with Gasteiger partial charge >= 0.3 is 0 Å². The van der Waals surface area contributed by atoms with Crippen LogP contribution in [0.25, 0.3) is 11.3 Å². The molecule has 0 bridgehead atoms. The molecule has 1 aliphatic carbocycles. The van der Waals surface area contributed by atoms with Crippen LogP contribution in [0.5, 0.6) is 0 Å². The van der Waals surface area contributed by atoms with Gasteiger partial charge in [-0.05, 0) is 12.3 Å². The van der Waals surface area contributed by atoms with Gasteiger partial charge in [-0.2, -0.15) is 0 Å². The van der Waals surface area contributed by atoms with Crippen LogP contribution in [0.15, 0.2) is 35.7 Å². The number of ketones is 1. The van der Waals surface area contributed by atoms with Crippen molar-refractivity contribution in [2.75, 3.05) is 0 Å². The Morgan fingerprint density at radius 3 is 2.78 bits per heavy atom. The summed E-state index contributed by atoms with van der Waals surface area (Å²) in [5, 5.41) is 2.98. The Morgan fingerprint density at radius 1 is 1.39 bits per heavy atom. The van der Waals surface area contributed by atoms with E-state index in [2.05, 4.69) is 11.9 Å². The molecular formula is C15H15NOS. The van der Waals surface area contributed by atoms with Gasteiger partial charge in [-0.3, -0.25) is 4.79 Å². The van der Waals surface area contributed by atoms with Gasteiger partial charge in [0.15, 0.2) is 0 Å².